The number of likely N-dealkylation sites (N-methyl/N-ethyl adjacent to an activating group) is 1. The second-order valence-corrected chi connectivity index (χ2v) is 7.20. The summed E-state index contributed by atoms with van der Waals surface area (Å²) in [7, 11) is 2.22. The quantitative estimate of drug-likeness (QED) is 0.806. The molecular weight excluding hydrogens is 290 g/mol. The van der Waals surface area contributed by atoms with E-state index in [0.717, 1.165) is 32.6 Å². The van der Waals surface area contributed by atoms with Crippen LogP contribution in [0, 0.1) is 0 Å². The van der Waals surface area contributed by atoms with Crippen molar-refractivity contribution in [3.05, 3.63) is 53.7 Å². The lowest BCUT2D eigenvalue weighted by Gasteiger charge is -2.38. The summed E-state index contributed by atoms with van der Waals surface area (Å²) in [5.74, 6) is 0. The highest BCUT2D eigenvalue weighted by molar-refractivity contribution is 7.99. The molecule has 0 saturated carbocycles. The number of fused-ring (bicyclic) bond motifs is 2. The minimum atomic E-state index is 0.475. The van der Waals surface area contributed by atoms with Gasteiger partial charge in [-0.2, -0.15) is 0 Å². The minimum Gasteiger partial charge on any atom is -0.304 e. The molecule has 0 N–H and O–H groups in total. The van der Waals surface area contributed by atoms with Crippen molar-refractivity contribution in [2.24, 2.45) is 0 Å². The summed E-state index contributed by atoms with van der Waals surface area (Å²) >= 11 is 1.82. The summed E-state index contributed by atoms with van der Waals surface area (Å²) in [5, 5.41) is 1.17. The Balaban J connectivity index is 1.73. The lowest BCUT2D eigenvalue weighted by molar-refractivity contribution is 0.110. The van der Waals surface area contributed by atoms with E-state index in [9.17, 15) is 0 Å². The highest BCUT2D eigenvalue weighted by Crippen LogP contribution is 2.41. The lowest BCUT2D eigenvalue weighted by atomic mass is 9.97. The van der Waals surface area contributed by atoms with Crippen LogP contribution in [-0.2, 0) is 6.42 Å². The summed E-state index contributed by atoms with van der Waals surface area (Å²) in [6.07, 6.45) is 2.97. The summed E-state index contributed by atoms with van der Waals surface area (Å²) in [4.78, 5) is 11.0. The molecule has 2 aliphatic rings. The maximum atomic E-state index is 4.61. The van der Waals surface area contributed by atoms with Gasteiger partial charge in [0.2, 0.25) is 0 Å². The lowest BCUT2D eigenvalue weighted by Crippen LogP contribution is -2.46. The summed E-state index contributed by atoms with van der Waals surface area (Å²) in [6, 6.07) is 13.6. The smallest absolute Gasteiger partial charge is 0.104 e. The Bertz CT molecular complexity index is 665. The van der Waals surface area contributed by atoms with E-state index in [4.69, 9.17) is 0 Å². The molecule has 2 aliphatic heterocycles. The van der Waals surface area contributed by atoms with Gasteiger partial charge in [0.15, 0.2) is 0 Å². The van der Waals surface area contributed by atoms with Gasteiger partial charge in [-0.1, -0.05) is 36.0 Å². The van der Waals surface area contributed by atoms with Crippen LogP contribution in [0.4, 0.5) is 0 Å². The molecule has 4 rings (SSSR count). The molecule has 1 saturated heterocycles. The summed E-state index contributed by atoms with van der Waals surface area (Å²) in [5.41, 5.74) is 2.85. The number of aromatic nitrogens is 1. The van der Waals surface area contributed by atoms with Crippen molar-refractivity contribution in [1.82, 2.24) is 14.8 Å². The molecular formula is C18H21N3S. The third-order valence-electron chi connectivity index (χ3n) is 4.73. The van der Waals surface area contributed by atoms with E-state index in [0.29, 0.717) is 6.04 Å². The van der Waals surface area contributed by atoms with E-state index in [2.05, 4.69) is 58.2 Å². The maximum Gasteiger partial charge on any atom is 0.104 e. The van der Waals surface area contributed by atoms with Crippen LogP contribution in [-0.4, -0.2) is 48.0 Å². The van der Waals surface area contributed by atoms with E-state index in [-0.39, 0.29) is 0 Å². The monoisotopic (exact) mass is 311 g/mol. The van der Waals surface area contributed by atoms with Gasteiger partial charge in [0.1, 0.15) is 5.03 Å². The predicted molar refractivity (Wildman–Crippen MR) is 90.3 cm³/mol. The third kappa shape index (κ3) is 2.67. The van der Waals surface area contributed by atoms with E-state index in [1.165, 1.54) is 21.0 Å². The van der Waals surface area contributed by atoms with Gasteiger partial charge in [-0.05, 0) is 36.7 Å². The van der Waals surface area contributed by atoms with Gasteiger partial charge in [0.25, 0.3) is 0 Å². The number of hydrogen-bond acceptors (Lipinski definition) is 4. The Labute approximate surface area is 136 Å². The first-order valence-corrected chi connectivity index (χ1v) is 8.76. The normalized spacial score (nSPS) is 22.7. The zero-order chi connectivity index (χ0) is 14.9. The van der Waals surface area contributed by atoms with Crippen LogP contribution in [0.5, 0.6) is 0 Å². The number of hydrogen-bond donors (Lipinski definition) is 0. The van der Waals surface area contributed by atoms with Crippen LogP contribution in [0.2, 0.25) is 0 Å². The molecule has 0 amide bonds. The first-order valence-electron chi connectivity index (χ1n) is 7.94. The van der Waals surface area contributed by atoms with Gasteiger partial charge >= 0.3 is 0 Å². The van der Waals surface area contributed by atoms with Crippen molar-refractivity contribution in [2.75, 3.05) is 33.2 Å². The molecule has 114 valence electrons. The molecule has 1 fully saturated rings. The topological polar surface area (TPSA) is 19.4 Å². The van der Waals surface area contributed by atoms with Crippen LogP contribution >= 0.6 is 11.8 Å². The van der Waals surface area contributed by atoms with Gasteiger partial charge in [0, 0.05) is 43.3 Å². The first-order chi connectivity index (χ1) is 10.8. The molecule has 0 aliphatic carbocycles. The van der Waals surface area contributed by atoms with E-state index < -0.39 is 0 Å². The van der Waals surface area contributed by atoms with Crippen LogP contribution in [0.3, 0.4) is 0 Å². The Morgan fingerprint density at radius 1 is 1.05 bits per heavy atom. The summed E-state index contributed by atoms with van der Waals surface area (Å²) < 4.78 is 0. The van der Waals surface area contributed by atoms with E-state index in [1.807, 2.05) is 18.0 Å². The van der Waals surface area contributed by atoms with Crippen LogP contribution in [0.15, 0.2) is 52.5 Å². The SMILES string of the molecule is CN1CCN(C2Cc3cccnc3Sc3ccccc32)CC1. The number of piperazine rings is 1. The van der Waals surface area contributed by atoms with E-state index in [1.54, 1.807) is 0 Å². The number of pyridine rings is 1. The molecule has 3 nitrogen and oxygen atoms in total. The fraction of sp³-hybridized carbons (Fsp3) is 0.389. The van der Waals surface area contributed by atoms with Crippen molar-refractivity contribution >= 4 is 11.8 Å². The molecule has 1 aromatic heterocycles. The zero-order valence-electron chi connectivity index (χ0n) is 12.9. The summed E-state index contributed by atoms with van der Waals surface area (Å²) in [6.45, 7) is 4.61. The first kappa shape index (κ1) is 14.2. The second kappa shape index (κ2) is 6.03. The van der Waals surface area contributed by atoms with Crippen molar-refractivity contribution < 1.29 is 0 Å². The van der Waals surface area contributed by atoms with Crippen molar-refractivity contribution in [1.29, 1.82) is 0 Å². The van der Waals surface area contributed by atoms with Crippen LogP contribution < -0.4 is 0 Å². The van der Waals surface area contributed by atoms with Crippen molar-refractivity contribution in [2.45, 2.75) is 22.4 Å². The Hall–Kier alpha value is -1.36. The molecule has 1 unspecified atom stereocenters. The molecule has 0 bridgehead atoms. The fourth-order valence-corrected chi connectivity index (χ4v) is 4.47. The van der Waals surface area contributed by atoms with Crippen LogP contribution in [0.25, 0.3) is 0 Å². The number of benzene rings is 1. The fourth-order valence-electron chi connectivity index (χ4n) is 3.40. The Morgan fingerprint density at radius 2 is 1.86 bits per heavy atom. The van der Waals surface area contributed by atoms with Crippen molar-refractivity contribution in [3.8, 4) is 0 Å². The van der Waals surface area contributed by atoms with Gasteiger partial charge < -0.3 is 4.90 Å². The molecule has 1 aromatic carbocycles. The van der Waals surface area contributed by atoms with E-state index >= 15 is 0 Å². The number of rotatable bonds is 1. The molecule has 3 heterocycles. The predicted octanol–water partition coefficient (Wildman–Crippen LogP) is 3.08. The molecule has 22 heavy (non-hydrogen) atoms. The average Bonchev–Trinajstić information content (AvgIpc) is 2.72. The second-order valence-electron chi connectivity index (χ2n) is 6.17. The Morgan fingerprint density at radius 3 is 2.73 bits per heavy atom. The molecule has 1 atom stereocenters. The largest absolute Gasteiger partial charge is 0.304 e. The third-order valence-corrected chi connectivity index (χ3v) is 5.88. The molecule has 0 radical (unpaired) electrons. The average molecular weight is 311 g/mol. The standard InChI is InChI=1S/C18H21N3S/c1-20-9-11-21(12-10-20)16-13-14-5-4-8-19-18(14)22-17-7-3-2-6-15(16)17/h2-8,16H,9-13H2,1H3. The van der Waals surface area contributed by atoms with Gasteiger partial charge in [0.05, 0.1) is 0 Å². The molecule has 0 spiro atoms. The zero-order valence-corrected chi connectivity index (χ0v) is 13.7. The van der Waals surface area contributed by atoms with Crippen molar-refractivity contribution in [3.63, 3.8) is 0 Å². The maximum absolute atomic E-state index is 4.61. The van der Waals surface area contributed by atoms with Crippen LogP contribution in [0.1, 0.15) is 17.2 Å². The van der Waals surface area contributed by atoms with Gasteiger partial charge in [-0.3, -0.25) is 4.90 Å². The molecule has 2 aromatic rings. The minimum absolute atomic E-state index is 0.475. The molecule has 4 heteroatoms. The highest BCUT2D eigenvalue weighted by atomic mass is 32.2. The van der Waals surface area contributed by atoms with Gasteiger partial charge in [-0.15, -0.1) is 0 Å². The van der Waals surface area contributed by atoms with Gasteiger partial charge in [-0.25, -0.2) is 4.98 Å². The Kier molecular flexibility index (Phi) is 3.90. The highest BCUT2D eigenvalue weighted by Gasteiger charge is 2.29. The number of nitrogens with zero attached hydrogens (tertiary/aromatic N) is 3.